The smallest absolute Gasteiger partial charge is 0.226 e. The molecule has 3 rings (SSSR count). The Balaban J connectivity index is 0.00000156. The number of nitrogens with zero attached hydrogens (tertiary/aromatic N) is 1. The second kappa shape index (κ2) is 10.1. The molecule has 7 heteroatoms. The van der Waals surface area contributed by atoms with Gasteiger partial charge in [0.2, 0.25) is 5.91 Å². The molecule has 1 aromatic heterocycles. The number of hydrogen-bond acceptors (Lipinski definition) is 4. The van der Waals surface area contributed by atoms with Crippen molar-refractivity contribution in [1.29, 1.82) is 0 Å². The lowest BCUT2D eigenvalue weighted by molar-refractivity contribution is -0.121. The van der Waals surface area contributed by atoms with Gasteiger partial charge in [-0.3, -0.25) is 4.79 Å². The summed E-state index contributed by atoms with van der Waals surface area (Å²) in [7, 11) is 0. The van der Waals surface area contributed by atoms with Crippen LogP contribution in [0.2, 0.25) is 0 Å². The van der Waals surface area contributed by atoms with Crippen LogP contribution in [0.4, 0.5) is 0 Å². The molecule has 25 heavy (non-hydrogen) atoms. The Morgan fingerprint density at radius 1 is 1.36 bits per heavy atom. The maximum absolute atomic E-state index is 12.2. The maximum atomic E-state index is 12.2. The zero-order valence-corrected chi connectivity index (χ0v) is 16.7. The highest BCUT2D eigenvalue weighted by Crippen LogP contribution is 2.26. The molecule has 2 atom stereocenters. The standard InChI is InChI=1S/C18H23N3OS.2ClH/c1-12-4-2-5-13(8-12)18-20-15(11-23-18)9-17(22)21-16-7-3-6-14(16)10-19;;/h2,4-5,8,11,14,16H,3,6-7,9-10,19H2,1H3,(H,21,22);2*1H. The van der Waals surface area contributed by atoms with Crippen LogP contribution >= 0.6 is 36.2 Å². The highest BCUT2D eigenvalue weighted by atomic mass is 35.5. The van der Waals surface area contributed by atoms with E-state index in [1.807, 2.05) is 11.4 Å². The second-order valence-electron chi connectivity index (χ2n) is 6.29. The predicted molar refractivity (Wildman–Crippen MR) is 109 cm³/mol. The van der Waals surface area contributed by atoms with E-state index in [1.165, 1.54) is 5.56 Å². The first-order valence-electron chi connectivity index (χ1n) is 8.16. The minimum atomic E-state index is 0. The van der Waals surface area contributed by atoms with E-state index in [2.05, 4.69) is 35.4 Å². The van der Waals surface area contributed by atoms with Crippen LogP contribution in [0.5, 0.6) is 0 Å². The number of hydrogen-bond donors (Lipinski definition) is 2. The lowest BCUT2D eigenvalue weighted by Crippen LogP contribution is -2.40. The topological polar surface area (TPSA) is 68.0 Å². The van der Waals surface area contributed by atoms with E-state index in [0.717, 1.165) is 35.5 Å². The Morgan fingerprint density at radius 3 is 2.88 bits per heavy atom. The molecule has 138 valence electrons. The molecule has 4 nitrogen and oxygen atoms in total. The monoisotopic (exact) mass is 401 g/mol. The Bertz CT molecular complexity index is 692. The normalized spacial score (nSPS) is 19.0. The molecule has 2 unspecified atom stereocenters. The molecule has 1 fully saturated rings. The fourth-order valence-corrected chi connectivity index (χ4v) is 4.05. The van der Waals surface area contributed by atoms with Gasteiger partial charge in [-0.25, -0.2) is 4.98 Å². The number of nitrogens with one attached hydrogen (secondary N) is 1. The molecule has 0 aliphatic heterocycles. The van der Waals surface area contributed by atoms with Gasteiger partial charge in [0.15, 0.2) is 0 Å². The Hall–Kier alpha value is -1.14. The Kier molecular flexibility index (Phi) is 8.86. The first kappa shape index (κ1) is 21.9. The van der Waals surface area contributed by atoms with Crippen molar-refractivity contribution < 1.29 is 4.79 Å². The molecular weight excluding hydrogens is 377 g/mol. The maximum Gasteiger partial charge on any atom is 0.226 e. The molecule has 0 spiro atoms. The molecule has 1 aromatic carbocycles. The minimum absolute atomic E-state index is 0. The largest absolute Gasteiger partial charge is 0.353 e. The zero-order chi connectivity index (χ0) is 16.2. The summed E-state index contributed by atoms with van der Waals surface area (Å²) in [6.45, 7) is 2.72. The third kappa shape index (κ3) is 5.68. The number of rotatable bonds is 5. The van der Waals surface area contributed by atoms with Crippen molar-refractivity contribution in [3.63, 3.8) is 0 Å². The fraction of sp³-hybridized carbons (Fsp3) is 0.444. The number of thiazole rings is 1. The number of halogens is 2. The number of carbonyl (C=O) groups excluding carboxylic acids is 1. The SMILES string of the molecule is Cc1cccc(-c2nc(CC(=O)NC3CCCC3CN)cs2)c1.Cl.Cl. The number of nitrogens with two attached hydrogens (primary N) is 1. The van der Waals surface area contributed by atoms with Crippen LogP contribution in [-0.2, 0) is 11.2 Å². The molecule has 1 aliphatic rings. The minimum Gasteiger partial charge on any atom is -0.353 e. The first-order chi connectivity index (χ1) is 11.2. The van der Waals surface area contributed by atoms with Gasteiger partial charge < -0.3 is 11.1 Å². The van der Waals surface area contributed by atoms with Crippen LogP contribution in [0.3, 0.4) is 0 Å². The van der Waals surface area contributed by atoms with E-state index in [-0.39, 0.29) is 36.8 Å². The van der Waals surface area contributed by atoms with Crippen molar-refractivity contribution in [3.05, 3.63) is 40.9 Å². The summed E-state index contributed by atoms with van der Waals surface area (Å²) >= 11 is 1.59. The quantitative estimate of drug-likeness (QED) is 0.801. The lowest BCUT2D eigenvalue weighted by Gasteiger charge is -2.19. The molecule has 0 bridgehead atoms. The van der Waals surface area contributed by atoms with Gasteiger partial charge in [-0.05, 0) is 38.3 Å². The second-order valence-corrected chi connectivity index (χ2v) is 7.15. The first-order valence-corrected chi connectivity index (χ1v) is 9.04. The molecule has 1 heterocycles. The summed E-state index contributed by atoms with van der Waals surface area (Å²) in [4.78, 5) is 16.9. The highest BCUT2D eigenvalue weighted by molar-refractivity contribution is 7.13. The third-order valence-electron chi connectivity index (χ3n) is 4.47. The van der Waals surface area contributed by atoms with E-state index in [0.29, 0.717) is 18.9 Å². The number of amides is 1. The van der Waals surface area contributed by atoms with Gasteiger partial charge in [-0.1, -0.05) is 30.2 Å². The average molecular weight is 402 g/mol. The van der Waals surface area contributed by atoms with Crippen molar-refractivity contribution in [3.8, 4) is 10.6 Å². The van der Waals surface area contributed by atoms with Crippen LogP contribution in [-0.4, -0.2) is 23.5 Å². The Labute approximate surface area is 165 Å². The zero-order valence-electron chi connectivity index (χ0n) is 14.2. The van der Waals surface area contributed by atoms with Gasteiger partial charge in [-0.2, -0.15) is 0 Å². The van der Waals surface area contributed by atoms with Crippen LogP contribution in [0.25, 0.3) is 10.6 Å². The Morgan fingerprint density at radius 2 is 2.16 bits per heavy atom. The summed E-state index contributed by atoms with van der Waals surface area (Å²) in [6.07, 6.45) is 3.66. The molecule has 1 amide bonds. The average Bonchev–Trinajstić information content (AvgIpc) is 3.16. The van der Waals surface area contributed by atoms with Crippen molar-refractivity contribution in [2.45, 2.75) is 38.6 Å². The molecule has 2 aromatic rings. The van der Waals surface area contributed by atoms with Gasteiger partial charge in [0.25, 0.3) is 0 Å². The van der Waals surface area contributed by atoms with E-state index >= 15 is 0 Å². The van der Waals surface area contributed by atoms with Crippen LogP contribution < -0.4 is 11.1 Å². The summed E-state index contributed by atoms with van der Waals surface area (Å²) in [5.74, 6) is 0.480. The van der Waals surface area contributed by atoms with Crippen molar-refractivity contribution >= 4 is 42.1 Å². The molecule has 1 saturated carbocycles. The summed E-state index contributed by atoms with van der Waals surface area (Å²) in [5, 5.41) is 6.08. The molecule has 0 radical (unpaired) electrons. The summed E-state index contributed by atoms with van der Waals surface area (Å²) in [5.41, 5.74) is 8.94. The number of aromatic nitrogens is 1. The van der Waals surface area contributed by atoms with Gasteiger partial charge in [0.05, 0.1) is 12.1 Å². The summed E-state index contributed by atoms with van der Waals surface area (Å²) < 4.78 is 0. The molecular formula is C18H25Cl2N3OS. The number of aryl methyl sites for hydroxylation is 1. The number of benzene rings is 1. The van der Waals surface area contributed by atoms with Gasteiger partial charge >= 0.3 is 0 Å². The van der Waals surface area contributed by atoms with Crippen molar-refractivity contribution in [1.82, 2.24) is 10.3 Å². The van der Waals surface area contributed by atoms with Crippen molar-refractivity contribution in [2.24, 2.45) is 11.7 Å². The van der Waals surface area contributed by atoms with Crippen LogP contribution in [0.15, 0.2) is 29.6 Å². The van der Waals surface area contributed by atoms with Crippen LogP contribution in [0, 0.1) is 12.8 Å². The molecule has 1 aliphatic carbocycles. The third-order valence-corrected chi connectivity index (χ3v) is 5.41. The highest BCUT2D eigenvalue weighted by Gasteiger charge is 2.27. The van der Waals surface area contributed by atoms with E-state index in [1.54, 1.807) is 11.3 Å². The molecule has 3 N–H and O–H groups in total. The van der Waals surface area contributed by atoms with Crippen molar-refractivity contribution in [2.75, 3.05) is 6.54 Å². The van der Waals surface area contributed by atoms with Gasteiger partial charge in [0.1, 0.15) is 5.01 Å². The van der Waals surface area contributed by atoms with E-state index in [9.17, 15) is 4.79 Å². The van der Waals surface area contributed by atoms with E-state index < -0.39 is 0 Å². The number of carbonyl (C=O) groups is 1. The summed E-state index contributed by atoms with van der Waals surface area (Å²) in [6, 6.07) is 8.52. The van der Waals surface area contributed by atoms with Gasteiger partial charge in [0, 0.05) is 17.0 Å². The van der Waals surface area contributed by atoms with Crippen LogP contribution in [0.1, 0.15) is 30.5 Å². The lowest BCUT2D eigenvalue weighted by atomic mass is 10.0. The molecule has 0 saturated heterocycles. The predicted octanol–water partition coefficient (Wildman–Crippen LogP) is 3.75. The van der Waals surface area contributed by atoms with E-state index in [4.69, 9.17) is 5.73 Å². The van der Waals surface area contributed by atoms with Gasteiger partial charge in [-0.15, -0.1) is 36.2 Å². The fourth-order valence-electron chi connectivity index (χ4n) is 3.23.